The molecule has 3 heterocycles. The topological polar surface area (TPSA) is 96.1 Å². The molecule has 160 valence electrons. The molecule has 29 heavy (non-hydrogen) atoms. The molecule has 3 atom stereocenters. The van der Waals surface area contributed by atoms with Gasteiger partial charge in [-0.05, 0) is 44.2 Å². The molecule has 2 saturated heterocycles. The summed E-state index contributed by atoms with van der Waals surface area (Å²) >= 11 is 0. The van der Waals surface area contributed by atoms with Gasteiger partial charge in [-0.2, -0.15) is 0 Å². The molecule has 3 rings (SSSR count). The number of piperidine rings is 1. The number of amides is 1. The number of likely N-dealkylation sites (tertiary alicyclic amines) is 1. The molecule has 0 saturated carbocycles. The second-order valence-corrected chi connectivity index (χ2v) is 8.21. The van der Waals surface area contributed by atoms with E-state index < -0.39 is 0 Å². The number of aromatic nitrogens is 1. The molecule has 3 unspecified atom stereocenters. The van der Waals surface area contributed by atoms with E-state index in [9.17, 15) is 4.79 Å². The smallest absolute Gasteiger partial charge is 0.217 e. The Morgan fingerprint density at radius 1 is 1.31 bits per heavy atom. The largest absolute Gasteiger partial charge is 0.372 e. The fourth-order valence-electron chi connectivity index (χ4n) is 4.30. The molecule has 1 aromatic heterocycles. The highest BCUT2D eigenvalue weighted by molar-refractivity contribution is 5.80. The molecule has 2 aliphatic rings. The molecule has 8 nitrogen and oxygen atoms in total. The summed E-state index contributed by atoms with van der Waals surface area (Å²) in [6.45, 7) is 8.34. The molecule has 2 aliphatic heterocycles. The lowest BCUT2D eigenvalue weighted by atomic mass is 9.95. The van der Waals surface area contributed by atoms with Crippen molar-refractivity contribution in [3.8, 4) is 0 Å². The number of nitrogens with zero attached hydrogens (tertiary/aromatic N) is 4. The summed E-state index contributed by atoms with van der Waals surface area (Å²) in [5.41, 5.74) is 6.48. The monoisotopic (exact) mass is 402 g/mol. The first-order valence-electron chi connectivity index (χ1n) is 10.5. The first-order valence-corrected chi connectivity index (χ1v) is 10.5. The Kier molecular flexibility index (Phi) is 7.30. The van der Waals surface area contributed by atoms with E-state index in [1.807, 2.05) is 6.20 Å². The van der Waals surface area contributed by atoms with Crippen molar-refractivity contribution in [3.63, 3.8) is 0 Å². The van der Waals surface area contributed by atoms with E-state index in [-0.39, 0.29) is 18.1 Å². The van der Waals surface area contributed by atoms with Gasteiger partial charge in [-0.15, -0.1) is 0 Å². The minimum atomic E-state index is -0.227. The highest BCUT2D eigenvalue weighted by Crippen LogP contribution is 2.20. The number of pyridine rings is 1. The molecular formula is C21H34N6O2. The van der Waals surface area contributed by atoms with Crippen LogP contribution in [0.1, 0.15) is 38.7 Å². The zero-order valence-electron chi connectivity index (χ0n) is 17.8. The number of nitrogens with one attached hydrogen (secondary N) is 1. The number of guanidine groups is 1. The van der Waals surface area contributed by atoms with Crippen LogP contribution in [0.5, 0.6) is 0 Å². The summed E-state index contributed by atoms with van der Waals surface area (Å²) < 4.78 is 5.80. The van der Waals surface area contributed by atoms with Gasteiger partial charge in [0.15, 0.2) is 5.96 Å². The molecule has 0 aliphatic carbocycles. The number of rotatable bonds is 5. The van der Waals surface area contributed by atoms with Crippen molar-refractivity contribution in [3.05, 3.63) is 23.9 Å². The number of hydrogen-bond acceptors (Lipinski definition) is 5. The van der Waals surface area contributed by atoms with Crippen molar-refractivity contribution in [2.75, 3.05) is 38.1 Å². The van der Waals surface area contributed by atoms with E-state index in [1.54, 1.807) is 7.05 Å². The fourth-order valence-corrected chi connectivity index (χ4v) is 4.30. The van der Waals surface area contributed by atoms with Crippen LogP contribution in [0.2, 0.25) is 0 Å². The van der Waals surface area contributed by atoms with Crippen molar-refractivity contribution < 1.29 is 9.53 Å². The number of hydrogen-bond donors (Lipinski definition) is 2. The van der Waals surface area contributed by atoms with Gasteiger partial charge in [0.25, 0.3) is 0 Å². The first-order chi connectivity index (χ1) is 13.9. The highest BCUT2D eigenvalue weighted by Gasteiger charge is 2.24. The van der Waals surface area contributed by atoms with E-state index in [0.29, 0.717) is 18.9 Å². The molecule has 2 fully saturated rings. The van der Waals surface area contributed by atoms with E-state index in [4.69, 9.17) is 10.5 Å². The molecule has 0 bridgehead atoms. The van der Waals surface area contributed by atoms with Crippen LogP contribution in [-0.2, 0) is 16.1 Å². The SMILES string of the molecule is CN=C(NCc1ccc(N2CC(C)OC(C)C2)nc1)N1CCCC(CC(N)=O)C1. The van der Waals surface area contributed by atoms with Crippen molar-refractivity contribution in [1.82, 2.24) is 15.2 Å². The third-order valence-corrected chi connectivity index (χ3v) is 5.52. The minimum absolute atomic E-state index is 0.216. The van der Waals surface area contributed by atoms with Gasteiger partial charge >= 0.3 is 0 Å². The maximum absolute atomic E-state index is 11.2. The number of aliphatic imine (C=N–C) groups is 1. The van der Waals surface area contributed by atoms with Crippen LogP contribution in [-0.4, -0.2) is 67.2 Å². The van der Waals surface area contributed by atoms with E-state index in [1.165, 1.54) is 0 Å². The molecule has 3 N–H and O–H groups in total. The van der Waals surface area contributed by atoms with E-state index in [0.717, 1.165) is 56.4 Å². The number of carbonyl (C=O) groups excluding carboxylic acids is 1. The number of nitrogens with two attached hydrogens (primary N) is 1. The number of ether oxygens (including phenoxy) is 1. The Bertz CT molecular complexity index is 698. The van der Waals surface area contributed by atoms with Gasteiger partial charge in [0.2, 0.25) is 5.91 Å². The van der Waals surface area contributed by atoms with Crippen molar-refractivity contribution in [2.24, 2.45) is 16.6 Å². The van der Waals surface area contributed by atoms with Crippen LogP contribution in [0.4, 0.5) is 5.82 Å². The van der Waals surface area contributed by atoms with Gasteiger partial charge in [0, 0.05) is 52.4 Å². The number of morpholine rings is 1. The maximum atomic E-state index is 11.2. The Balaban J connectivity index is 1.54. The van der Waals surface area contributed by atoms with Gasteiger partial charge in [0.1, 0.15) is 5.82 Å². The lowest BCUT2D eigenvalue weighted by Crippen LogP contribution is -2.47. The lowest BCUT2D eigenvalue weighted by molar-refractivity contribution is -0.119. The summed E-state index contributed by atoms with van der Waals surface area (Å²) in [6.07, 6.45) is 4.89. The molecule has 8 heteroatoms. The third-order valence-electron chi connectivity index (χ3n) is 5.52. The molecule has 1 aromatic rings. The number of carbonyl (C=O) groups is 1. The van der Waals surface area contributed by atoms with Crippen LogP contribution in [0.15, 0.2) is 23.3 Å². The van der Waals surface area contributed by atoms with Crippen LogP contribution in [0.3, 0.4) is 0 Å². The average molecular weight is 403 g/mol. The van der Waals surface area contributed by atoms with E-state index >= 15 is 0 Å². The summed E-state index contributed by atoms with van der Waals surface area (Å²) in [6, 6.07) is 4.19. The Labute approximate surface area is 173 Å². The number of primary amides is 1. The third kappa shape index (κ3) is 6.06. The fraction of sp³-hybridized carbons (Fsp3) is 0.667. The quantitative estimate of drug-likeness (QED) is 0.570. The average Bonchev–Trinajstić information content (AvgIpc) is 2.68. The predicted octanol–water partition coefficient (Wildman–Crippen LogP) is 1.36. The maximum Gasteiger partial charge on any atom is 0.217 e. The first kappa shape index (κ1) is 21.4. The summed E-state index contributed by atoms with van der Waals surface area (Å²) in [5, 5.41) is 3.43. The molecule has 1 amide bonds. The summed E-state index contributed by atoms with van der Waals surface area (Å²) in [4.78, 5) is 24.8. The summed E-state index contributed by atoms with van der Waals surface area (Å²) in [7, 11) is 1.79. The molecule has 0 radical (unpaired) electrons. The second kappa shape index (κ2) is 9.91. The van der Waals surface area contributed by atoms with Gasteiger partial charge in [-0.1, -0.05) is 6.07 Å². The zero-order valence-corrected chi connectivity index (χ0v) is 17.8. The van der Waals surface area contributed by atoms with Crippen LogP contribution in [0.25, 0.3) is 0 Å². The van der Waals surface area contributed by atoms with Crippen LogP contribution >= 0.6 is 0 Å². The molecular weight excluding hydrogens is 368 g/mol. The van der Waals surface area contributed by atoms with Crippen molar-refractivity contribution >= 4 is 17.7 Å². The van der Waals surface area contributed by atoms with Crippen molar-refractivity contribution in [1.29, 1.82) is 0 Å². The highest BCUT2D eigenvalue weighted by atomic mass is 16.5. The Hall–Kier alpha value is -2.35. The predicted molar refractivity (Wildman–Crippen MR) is 115 cm³/mol. The lowest BCUT2D eigenvalue weighted by Gasteiger charge is -2.36. The standard InChI is InChI=1S/C21H34N6O2/c1-15-12-27(13-16(2)29-15)20-7-6-18(10-24-20)11-25-21(23-3)26-8-4-5-17(14-26)9-19(22)28/h6-7,10,15-17H,4-5,8-9,11-14H2,1-3H3,(H2,22,28)(H,23,25). The Morgan fingerprint density at radius 3 is 2.69 bits per heavy atom. The molecule has 0 spiro atoms. The second-order valence-electron chi connectivity index (χ2n) is 8.21. The zero-order chi connectivity index (χ0) is 20.8. The minimum Gasteiger partial charge on any atom is -0.372 e. The number of anilines is 1. The van der Waals surface area contributed by atoms with Gasteiger partial charge in [0.05, 0.1) is 12.2 Å². The Morgan fingerprint density at radius 2 is 2.07 bits per heavy atom. The van der Waals surface area contributed by atoms with E-state index in [2.05, 4.69) is 51.1 Å². The van der Waals surface area contributed by atoms with Crippen LogP contribution in [0, 0.1) is 5.92 Å². The van der Waals surface area contributed by atoms with Crippen molar-refractivity contribution in [2.45, 2.75) is 51.9 Å². The molecule has 0 aromatic carbocycles. The van der Waals surface area contributed by atoms with Crippen LogP contribution < -0.4 is 16.0 Å². The van der Waals surface area contributed by atoms with Gasteiger partial charge in [-0.3, -0.25) is 9.79 Å². The van der Waals surface area contributed by atoms with Gasteiger partial charge < -0.3 is 25.6 Å². The van der Waals surface area contributed by atoms with Gasteiger partial charge in [-0.25, -0.2) is 4.98 Å². The normalized spacial score (nSPS) is 25.8. The summed E-state index contributed by atoms with van der Waals surface area (Å²) in [5.74, 6) is 1.93.